The van der Waals surface area contributed by atoms with Crippen LogP contribution in [-0.4, -0.2) is 43.0 Å². The Morgan fingerprint density at radius 3 is 2.43 bits per heavy atom. The van der Waals surface area contributed by atoms with Crippen LogP contribution in [0.5, 0.6) is 0 Å². The summed E-state index contributed by atoms with van der Waals surface area (Å²) in [5, 5.41) is 2.81. The highest BCUT2D eigenvalue weighted by molar-refractivity contribution is 5.84. The molecule has 0 saturated heterocycles. The molecule has 0 radical (unpaired) electrons. The van der Waals surface area contributed by atoms with Gasteiger partial charge < -0.3 is 16.0 Å². The van der Waals surface area contributed by atoms with Gasteiger partial charge in [0.2, 0.25) is 5.91 Å². The van der Waals surface area contributed by atoms with Gasteiger partial charge in [-0.1, -0.05) is 6.92 Å². The van der Waals surface area contributed by atoms with Crippen LogP contribution in [-0.2, 0) is 4.79 Å². The first-order valence-electron chi connectivity index (χ1n) is 5.13. The molecule has 0 heterocycles. The van der Waals surface area contributed by atoms with Gasteiger partial charge in [0.05, 0.1) is 5.54 Å². The van der Waals surface area contributed by atoms with Gasteiger partial charge in [0.25, 0.3) is 0 Å². The number of nitrogens with one attached hydrogen (secondary N) is 1. The van der Waals surface area contributed by atoms with Gasteiger partial charge in [-0.3, -0.25) is 4.79 Å². The average Bonchev–Trinajstić information content (AvgIpc) is 2.02. The topological polar surface area (TPSA) is 58.4 Å². The summed E-state index contributed by atoms with van der Waals surface area (Å²) < 4.78 is 0. The molecule has 0 spiro atoms. The number of rotatable bonds is 6. The second-order valence-corrected chi connectivity index (χ2v) is 4.28. The van der Waals surface area contributed by atoms with Crippen LogP contribution in [0.4, 0.5) is 0 Å². The van der Waals surface area contributed by atoms with E-state index in [1.807, 2.05) is 7.05 Å². The Balaban J connectivity index is 3.59. The first kappa shape index (κ1) is 13.4. The van der Waals surface area contributed by atoms with E-state index in [-0.39, 0.29) is 5.91 Å². The summed E-state index contributed by atoms with van der Waals surface area (Å²) in [5.74, 6) is -0.0950. The molecule has 0 aromatic heterocycles. The Morgan fingerprint density at radius 2 is 2.00 bits per heavy atom. The fourth-order valence-electron chi connectivity index (χ4n) is 1.08. The molecule has 0 aliphatic rings. The lowest BCUT2D eigenvalue weighted by atomic mass is 10.1. The molecule has 0 bridgehead atoms. The van der Waals surface area contributed by atoms with Gasteiger partial charge in [-0.15, -0.1) is 0 Å². The van der Waals surface area contributed by atoms with Crippen molar-refractivity contribution in [3.63, 3.8) is 0 Å². The zero-order chi connectivity index (χ0) is 11.2. The summed E-state index contributed by atoms with van der Waals surface area (Å²) in [6.45, 7) is 8.14. The molecule has 0 aromatic carbocycles. The molecule has 1 amide bonds. The zero-order valence-electron chi connectivity index (χ0n) is 9.76. The molecule has 4 nitrogen and oxygen atoms in total. The van der Waals surface area contributed by atoms with Crippen molar-refractivity contribution < 1.29 is 4.79 Å². The molecule has 0 unspecified atom stereocenters. The van der Waals surface area contributed by atoms with Crippen LogP contribution in [0.15, 0.2) is 0 Å². The maximum absolute atomic E-state index is 11.3. The number of carbonyl (C=O) groups is 1. The molecule has 84 valence electrons. The first-order chi connectivity index (χ1) is 6.38. The van der Waals surface area contributed by atoms with Crippen LogP contribution >= 0.6 is 0 Å². The van der Waals surface area contributed by atoms with Gasteiger partial charge in [-0.2, -0.15) is 0 Å². The summed E-state index contributed by atoms with van der Waals surface area (Å²) in [7, 11) is 2.04. The van der Waals surface area contributed by atoms with E-state index >= 15 is 0 Å². The largest absolute Gasteiger partial charge is 0.353 e. The predicted molar refractivity (Wildman–Crippen MR) is 59.1 cm³/mol. The lowest BCUT2D eigenvalue weighted by molar-refractivity contribution is -0.125. The fraction of sp³-hybridized carbons (Fsp3) is 0.900. The van der Waals surface area contributed by atoms with Crippen molar-refractivity contribution in [3.8, 4) is 0 Å². The Hall–Kier alpha value is -0.610. The van der Waals surface area contributed by atoms with E-state index in [0.29, 0.717) is 6.54 Å². The fourth-order valence-corrected chi connectivity index (χ4v) is 1.08. The number of carbonyl (C=O) groups excluding carboxylic acids is 1. The van der Waals surface area contributed by atoms with Crippen LogP contribution in [0.3, 0.4) is 0 Å². The normalized spacial score (nSPS) is 11.9. The third-order valence-electron chi connectivity index (χ3n) is 1.97. The minimum atomic E-state index is -0.774. The van der Waals surface area contributed by atoms with Crippen molar-refractivity contribution in [2.45, 2.75) is 32.7 Å². The number of nitrogens with two attached hydrogens (primary N) is 1. The second kappa shape index (κ2) is 5.98. The number of hydrogen-bond donors (Lipinski definition) is 2. The van der Waals surface area contributed by atoms with Gasteiger partial charge >= 0.3 is 0 Å². The van der Waals surface area contributed by atoms with Crippen LogP contribution in [0.25, 0.3) is 0 Å². The van der Waals surface area contributed by atoms with Gasteiger partial charge in [0, 0.05) is 13.1 Å². The lowest BCUT2D eigenvalue weighted by Gasteiger charge is -2.20. The number of amides is 1. The van der Waals surface area contributed by atoms with E-state index in [4.69, 9.17) is 5.73 Å². The van der Waals surface area contributed by atoms with Gasteiger partial charge in [0.1, 0.15) is 0 Å². The molecule has 3 N–H and O–H groups in total. The molecule has 0 aliphatic heterocycles. The molecule has 0 saturated carbocycles. The van der Waals surface area contributed by atoms with Crippen molar-refractivity contribution in [2.75, 3.05) is 26.7 Å². The second-order valence-electron chi connectivity index (χ2n) is 4.28. The smallest absolute Gasteiger partial charge is 0.239 e. The molecular weight excluding hydrogens is 178 g/mol. The Kier molecular flexibility index (Phi) is 5.72. The summed E-state index contributed by atoms with van der Waals surface area (Å²) in [4.78, 5) is 13.5. The molecule has 0 fully saturated rings. The third kappa shape index (κ3) is 5.94. The van der Waals surface area contributed by atoms with Crippen LogP contribution in [0.2, 0.25) is 0 Å². The van der Waals surface area contributed by atoms with Crippen molar-refractivity contribution in [1.82, 2.24) is 10.2 Å². The average molecular weight is 201 g/mol. The Bertz CT molecular complexity index is 175. The summed E-state index contributed by atoms with van der Waals surface area (Å²) >= 11 is 0. The van der Waals surface area contributed by atoms with Crippen molar-refractivity contribution >= 4 is 5.91 Å². The minimum absolute atomic E-state index is 0.0950. The van der Waals surface area contributed by atoms with Gasteiger partial charge in [-0.25, -0.2) is 0 Å². The minimum Gasteiger partial charge on any atom is -0.353 e. The number of likely N-dealkylation sites (N-methyl/N-ethyl adjacent to an activating group) is 1. The molecule has 0 atom stereocenters. The maximum atomic E-state index is 11.3. The summed E-state index contributed by atoms with van der Waals surface area (Å²) in [5.41, 5.74) is 4.85. The highest BCUT2D eigenvalue weighted by Crippen LogP contribution is 1.95. The van der Waals surface area contributed by atoms with E-state index in [9.17, 15) is 4.79 Å². The zero-order valence-corrected chi connectivity index (χ0v) is 9.76. The van der Waals surface area contributed by atoms with Crippen LogP contribution in [0.1, 0.15) is 27.2 Å². The highest BCUT2D eigenvalue weighted by Gasteiger charge is 2.20. The van der Waals surface area contributed by atoms with Crippen molar-refractivity contribution in [1.29, 1.82) is 0 Å². The standard InChI is InChI=1S/C10H23N3O/c1-5-7-13(4)8-6-12-9(14)10(2,3)11/h5-8,11H2,1-4H3,(H,12,14). The highest BCUT2D eigenvalue weighted by atomic mass is 16.2. The quantitative estimate of drug-likeness (QED) is 0.644. The monoisotopic (exact) mass is 201 g/mol. The Labute approximate surface area is 86.8 Å². The number of hydrogen-bond acceptors (Lipinski definition) is 3. The number of nitrogens with zero attached hydrogens (tertiary/aromatic N) is 1. The SMILES string of the molecule is CCCN(C)CCNC(=O)C(C)(C)N. The maximum Gasteiger partial charge on any atom is 0.239 e. The van der Waals surface area contributed by atoms with Gasteiger partial charge in [0.15, 0.2) is 0 Å². The summed E-state index contributed by atoms with van der Waals surface area (Å²) in [6.07, 6.45) is 1.13. The van der Waals surface area contributed by atoms with Crippen molar-refractivity contribution in [3.05, 3.63) is 0 Å². The Morgan fingerprint density at radius 1 is 1.43 bits per heavy atom. The van der Waals surface area contributed by atoms with E-state index in [0.717, 1.165) is 19.5 Å². The van der Waals surface area contributed by atoms with E-state index in [2.05, 4.69) is 17.1 Å². The third-order valence-corrected chi connectivity index (χ3v) is 1.97. The molecule has 4 heteroatoms. The van der Waals surface area contributed by atoms with Crippen LogP contribution in [0, 0.1) is 0 Å². The van der Waals surface area contributed by atoms with E-state index in [1.54, 1.807) is 13.8 Å². The van der Waals surface area contributed by atoms with E-state index < -0.39 is 5.54 Å². The van der Waals surface area contributed by atoms with Crippen molar-refractivity contribution in [2.24, 2.45) is 5.73 Å². The van der Waals surface area contributed by atoms with E-state index in [1.165, 1.54) is 0 Å². The van der Waals surface area contributed by atoms with Gasteiger partial charge in [-0.05, 0) is 33.9 Å². The van der Waals surface area contributed by atoms with Crippen LogP contribution < -0.4 is 11.1 Å². The molecular formula is C10H23N3O. The first-order valence-corrected chi connectivity index (χ1v) is 5.13. The molecule has 0 rings (SSSR count). The predicted octanol–water partition coefficient (Wildman–Crippen LogP) is 0.182. The molecule has 0 aromatic rings. The summed E-state index contributed by atoms with van der Waals surface area (Å²) in [6, 6.07) is 0. The molecule has 14 heavy (non-hydrogen) atoms. The molecule has 0 aliphatic carbocycles. The lowest BCUT2D eigenvalue weighted by Crippen LogP contribution is -2.50.